The van der Waals surface area contributed by atoms with Gasteiger partial charge in [-0.05, 0) is 31.0 Å². The predicted molar refractivity (Wildman–Crippen MR) is 74.3 cm³/mol. The van der Waals surface area contributed by atoms with Crippen LogP contribution in [0, 0.1) is 11.6 Å². The summed E-state index contributed by atoms with van der Waals surface area (Å²) in [4.78, 5) is 2.31. The molecule has 1 N–H and O–H groups in total. The first-order valence-electron chi connectivity index (χ1n) is 6.52. The van der Waals surface area contributed by atoms with Crippen LogP contribution in [0.5, 0.6) is 0 Å². The number of benzene rings is 1. The number of hydrogen-bond acceptors (Lipinski definition) is 3. The van der Waals surface area contributed by atoms with Crippen LogP contribution in [0.25, 0.3) is 0 Å². The first-order chi connectivity index (χ1) is 9.06. The van der Waals surface area contributed by atoms with Gasteiger partial charge in [-0.15, -0.1) is 0 Å². The molecule has 1 aliphatic heterocycles. The van der Waals surface area contributed by atoms with E-state index in [2.05, 4.69) is 11.8 Å². The fourth-order valence-corrected chi connectivity index (χ4v) is 3.40. The molecule has 2 rings (SSSR count). The van der Waals surface area contributed by atoms with Gasteiger partial charge in [-0.2, -0.15) is 11.8 Å². The van der Waals surface area contributed by atoms with Crippen LogP contribution in [-0.2, 0) is 0 Å². The molecule has 0 bridgehead atoms. The molecular formula is C14H19F2NOS. The van der Waals surface area contributed by atoms with Crippen LogP contribution in [0.3, 0.4) is 0 Å². The lowest BCUT2D eigenvalue weighted by atomic mass is 10.1. The predicted octanol–water partition coefficient (Wildman–Crippen LogP) is 2.83. The quantitative estimate of drug-likeness (QED) is 0.921. The summed E-state index contributed by atoms with van der Waals surface area (Å²) in [5.41, 5.74) is 0.316. The van der Waals surface area contributed by atoms with Gasteiger partial charge in [-0.25, -0.2) is 8.78 Å². The Hall–Kier alpha value is -0.650. The lowest BCUT2D eigenvalue weighted by Gasteiger charge is -2.33. The minimum Gasteiger partial charge on any atom is -0.388 e. The van der Waals surface area contributed by atoms with E-state index in [1.165, 1.54) is 12.1 Å². The van der Waals surface area contributed by atoms with Gasteiger partial charge in [0.1, 0.15) is 11.6 Å². The molecule has 19 heavy (non-hydrogen) atoms. The first-order valence-corrected chi connectivity index (χ1v) is 7.67. The summed E-state index contributed by atoms with van der Waals surface area (Å²) in [5.74, 6) is 0.924. The molecule has 0 radical (unpaired) electrons. The van der Waals surface area contributed by atoms with E-state index in [0.29, 0.717) is 18.0 Å². The van der Waals surface area contributed by atoms with E-state index >= 15 is 0 Å². The van der Waals surface area contributed by atoms with Crippen molar-refractivity contribution < 1.29 is 13.9 Å². The summed E-state index contributed by atoms with van der Waals surface area (Å²) in [5, 5.41) is 10.0. The number of thioether (sulfide) groups is 1. The maximum atomic E-state index is 13.1. The lowest BCUT2D eigenvalue weighted by Crippen LogP contribution is -2.41. The van der Waals surface area contributed by atoms with E-state index in [-0.39, 0.29) is 0 Å². The van der Waals surface area contributed by atoms with Crippen LogP contribution in [0.1, 0.15) is 25.0 Å². The van der Waals surface area contributed by atoms with Gasteiger partial charge in [0.25, 0.3) is 0 Å². The highest BCUT2D eigenvalue weighted by Crippen LogP contribution is 2.22. The zero-order chi connectivity index (χ0) is 13.8. The molecule has 2 nitrogen and oxygen atoms in total. The molecule has 0 amide bonds. The van der Waals surface area contributed by atoms with Crippen LogP contribution in [-0.4, -0.2) is 40.6 Å². The van der Waals surface area contributed by atoms with Gasteiger partial charge in [-0.1, -0.05) is 0 Å². The van der Waals surface area contributed by atoms with E-state index in [1.54, 1.807) is 0 Å². The van der Waals surface area contributed by atoms with Crippen molar-refractivity contribution in [1.29, 1.82) is 0 Å². The Morgan fingerprint density at radius 3 is 2.68 bits per heavy atom. The van der Waals surface area contributed by atoms with Crippen molar-refractivity contribution in [2.45, 2.75) is 25.5 Å². The van der Waals surface area contributed by atoms with Gasteiger partial charge in [-0.3, -0.25) is 4.90 Å². The Morgan fingerprint density at radius 1 is 1.37 bits per heavy atom. The molecule has 1 aromatic rings. The molecule has 1 aliphatic rings. The second-order valence-electron chi connectivity index (χ2n) is 4.97. The summed E-state index contributed by atoms with van der Waals surface area (Å²) in [6, 6.07) is 3.71. The van der Waals surface area contributed by atoms with Crippen molar-refractivity contribution in [3.05, 3.63) is 35.4 Å². The average Bonchev–Trinajstić information content (AvgIpc) is 2.36. The Labute approximate surface area is 116 Å². The van der Waals surface area contributed by atoms with Crippen molar-refractivity contribution in [2.24, 2.45) is 0 Å². The van der Waals surface area contributed by atoms with Crippen molar-refractivity contribution in [3.63, 3.8) is 0 Å². The Morgan fingerprint density at radius 2 is 2.05 bits per heavy atom. The van der Waals surface area contributed by atoms with E-state index in [0.717, 1.165) is 30.7 Å². The SMILES string of the molecule is CC1CSCCN1CCC(O)c1cc(F)cc(F)c1. The van der Waals surface area contributed by atoms with Crippen LogP contribution in [0.15, 0.2) is 18.2 Å². The van der Waals surface area contributed by atoms with Crippen molar-refractivity contribution in [3.8, 4) is 0 Å². The molecule has 2 atom stereocenters. The zero-order valence-corrected chi connectivity index (χ0v) is 11.8. The number of aliphatic hydroxyl groups excluding tert-OH is 1. The molecule has 0 saturated carbocycles. The van der Waals surface area contributed by atoms with Crippen LogP contribution in [0.2, 0.25) is 0 Å². The van der Waals surface area contributed by atoms with E-state index < -0.39 is 17.7 Å². The third-order valence-corrected chi connectivity index (χ3v) is 4.65. The van der Waals surface area contributed by atoms with Crippen molar-refractivity contribution in [2.75, 3.05) is 24.6 Å². The molecule has 2 unspecified atom stereocenters. The molecule has 106 valence electrons. The smallest absolute Gasteiger partial charge is 0.126 e. The molecule has 1 aromatic carbocycles. The van der Waals surface area contributed by atoms with E-state index in [4.69, 9.17) is 0 Å². The van der Waals surface area contributed by atoms with E-state index in [9.17, 15) is 13.9 Å². The number of halogens is 2. The van der Waals surface area contributed by atoms with Gasteiger partial charge in [0.15, 0.2) is 0 Å². The highest BCUT2D eigenvalue weighted by molar-refractivity contribution is 7.99. The standard InChI is InChI=1S/C14H19F2NOS/c1-10-9-19-5-4-17(10)3-2-14(18)11-6-12(15)8-13(16)7-11/h6-8,10,14,18H,2-5,9H2,1H3. The molecule has 1 saturated heterocycles. The molecule has 0 aliphatic carbocycles. The molecule has 1 fully saturated rings. The first kappa shape index (κ1) is 14.8. The number of hydrogen-bond donors (Lipinski definition) is 1. The monoisotopic (exact) mass is 287 g/mol. The van der Waals surface area contributed by atoms with E-state index in [1.807, 2.05) is 11.8 Å². The second kappa shape index (κ2) is 6.68. The number of rotatable bonds is 4. The summed E-state index contributed by atoms with van der Waals surface area (Å²) in [6.45, 7) is 3.93. The zero-order valence-electron chi connectivity index (χ0n) is 11.0. The Bertz CT molecular complexity index is 410. The fourth-order valence-electron chi connectivity index (χ4n) is 2.32. The molecule has 0 spiro atoms. The molecular weight excluding hydrogens is 268 g/mol. The van der Waals surface area contributed by atoms with Gasteiger partial charge >= 0.3 is 0 Å². The second-order valence-corrected chi connectivity index (χ2v) is 6.12. The largest absolute Gasteiger partial charge is 0.388 e. The Balaban J connectivity index is 1.91. The highest BCUT2D eigenvalue weighted by atomic mass is 32.2. The minimum atomic E-state index is -0.813. The topological polar surface area (TPSA) is 23.5 Å². The minimum absolute atomic E-state index is 0.316. The fraction of sp³-hybridized carbons (Fsp3) is 0.571. The summed E-state index contributed by atoms with van der Waals surface area (Å²) < 4.78 is 26.2. The molecule has 1 heterocycles. The van der Waals surface area contributed by atoms with Crippen molar-refractivity contribution >= 4 is 11.8 Å². The third kappa shape index (κ3) is 4.16. The van der Waals surface area contributed by atoms with Gasteiger partial charge in [0, 0.05) is 36.7 Å². The van der Waals surface area contributed by atoms with Crippen molar-refractivity contribution in [1.82, 2.24) is 4.90 Å². The molecule has 0 aromatic heterocycles. The van der Waals surface area contributed by atoms with Gasteiger partial charge in [0.05, 0.1) is 6.10 Å². The normalized spacial score (nSPS) is 22.4. The molecule has 5 heteroatoms. The maximum absolute atomic E-state index is 13.1. The Kier molecular flexibility index (Phi) is 5.19. The number of aliphatic hydroxyl groups is 1. The lowest BCUT2D eigenvalue weighted by molar-refractivity contribution is 0.132. The average molecular weight is 287 g/mol. The summed E-state index contributed by atoms with van der Waals surface area (Å²) in [6.07, 6.45) is -0.315. The summed E-state index contributed by atoms with van der Waals surface area (Å²) in [7, 11) is 0. The number of nitrogens with zero attached hydrogens (tertiary/aromatic N) is 1. The maximum Gasteiger partial charge on any atom is 0.126 e. The third-order valence-electron chi connectivity index (χ3n) is 3.46. The van der Waals surface area contributed by atoms with Crippen LogP contribution >= 0.6 is 11.8 Å². The highest BCUT2D eigenvalue weighted by Gasteiger charge is 2.20. The van der Waals surface area contributed by atoms with Crippen LogP contribution < -0.4 is 0 Å². The van der Waals surface area contributed by atoms with Crippen LogP contribution in [0.4, 0.5) is 8.78 Å². The van der Waals surface area contributed by atoms with Gasteiger partial charge < -0.3 is 5.11 Å². The van der Waals surface area contributed by atoms with Gasteiger partial charge in [0.2, 0.25) is 0 Å². The summed E-state index contributed by atoms with van der Waals surface area (Å²) >= 11 is 1.94.